The fraction of sp³-hybridized carbons (Fsp3) is 0.160. The number of halogens is 2. The van der Waals surface area contributed by atoms with Crippen molar-refractivity contribution in [2.45, 2.75) is 26.2 Å². The van der Waals surface area contributed by atoms with Crippen LogP contribution in [-0.2, 0) is 26.2 Å². The van der Waals surface area contributed by atoms with Crippen molar-refractivity contribution in [2.75, 3.05) is 0 Å². The predicted octanol–water partition coefficient (Wildman–Crippen LogP) is 4.95. The normalized spacial score (nSPS) is 11.0. The zero-order chi connectivity index (χ0) is 23.0. The molecule has 1 N–H and O–H groups in total. The second-order valence-corrected chi connectivity index (χ2v) is 8.47. The van der Waals surface area contributed by atoms with E-state index in [1.165, 1.54) is 29.5 Å². The highest BCUT2D eigenvalue weighted by Gasteiger charge is 2.16. The molecule has 0 bridgehead atoms. The van der Waals surface area contributed by atoms with Gasteiger partial charge in [-0.15, -0.1) is 11.3 Å². The van der Waals surface area contributed by atoms with Gasteiger partial charge in [-0.25, -0.2) is 13.8 Å². The van der Waals surface area contributed by atoms with E-state index in [1.54, 1.807) is 48.1 Å². The van der Waals surface area contributed by atoms with Gasteiger partial charge in [0, 0.05) is 43.0 Å². The number of carbonyl (C=O) groups is 1. The lowest BCUT2D eigenvalue weighted by Gasteiger charge is -2.22. The number of rotatable bonds is 9. The number of nitrogens with one attached hydrogen (secondary N) is 1. The second-order valence-electron chi connectivity index (χ2n) is 7.53. The fourth-order valence-electron chi connectivity index (χ4n) is 3.34. The largest absolute Gasteiger partial charge is 0.347 e. The number of amides is 1. The number of thiazole rings is 1. The van der Waals surface area contributed by atoms with Crippen LogP contribution in [0.1, 0.15) is 32.2 Å². The number of hydrogen-bond donors (Lipinski definition) is 1. The number of nitrogens with zero attached hydrogens (tertiary/aromatic N) is 3. The average molecular weight is 465 g/mol. The first-order valence-corrected chi connectivity index (χ1v) is 11.3. The Balaban J connectivity index is 1.45. The fourth-order valence-corrected chi connectivity index (χ4v) is 4.15. The summed E-state index contributed by atoms with van der Waals surface area (Å²) in [7, 11) is 0. The van der Waals surface area contributed by atoms with Crippen molar-refractivity contribution in [1.82, 2.24) is 20.2 Å². The van der Waals surface area contributed by atoms with Gasteiger partial charge in [-0.2, -0.15) is 0 Å². The van der Waals surface area contributed by atoms with Crippen LogP contribution in [0.2, 0.25) is 0 Å². The van der Waals surface area contributed by atoms with E-state index >= 15 is 0 Å². The van der Waals surface area contributed by atoms with Crippen LogP contribution in [0.5, 0.6) is 0 Å². The Morgan fingerprint density at radius 2 is 1.67 bits per heavy atom. The minimum absolute atomic E-state index is 0.256. The quantitative estimate of drug-likeness (QED) is 0.381. The summed E-state index contributed by atoms with van der Waals surface area (Å²) in [6.45, 7) is 1.65. The molecule has 0 saturated heterocycles. The van der Waals surface area contributed by atoms with Crippen LogP contribution in [0.4, 0.5) is 8.78 Å². The molecule has 0 unspecified atom stereocenters. The molecule has 0 saturated carbocycles. The lowest BCUT2D eigenvalue weighted by molar-refractivity contribution is 0.0946. The van der Waals surface area contributed by atoms with E-state index < -0.39 is 0 Å². The van der Waals surface area contributed by atoms with E-state index in [4.69, 9.17) is 0 Å². The van der Waals surface area contributed by atoms with E-state index in [0.29, 0.717) is 37.4 Å². The van der Waals surface area contributed by atoms with Gasteiger partial charge in [0.2, 0.25) is 0 Å². The van der Waals surface area contributed by atoms with Gasteiger partial charge in [0.15, 0.2) is 0 Å². The Morgan fingerprint density at radius 1 is 0.909 bits per heavy atom. The topological polar surface area (TPSA) is 58.1 Å². The van der Waals surface area contributed by atoms with Crippen LogP contribution in [0.3, 0.4) is 0 Å². The molecule has 8 heteroatoms. The van der Waals surface area contributed by atoms with Gasteiger partial charge in [-0.05, 0) is 41.5 Å². The molecule has 2 aromatic carbocycles. The summed E-state index contributed by atoms with van der Waals surface area (Å²) in [6.07, 6.45) is 3.35. The molecular formula is C25H22F2N4OS. The van der Waals surface area contributed by atoms with Gasteiger partial charge in [-0.3, -0.25) is 14.7 Å². The Bertz CT molecular complexity index is 1200. The van der Waals surface area contributed by atoms with Crippen molar-refractivity contribution in [1.29, 1.82) is 0 Å². The van der Waals surface area contributed by atoms with Crippen molar-refractivity contribution in [3.63, 3.8) is 0 Å². The molecule has 2 aromatic heterocycles. The summed E-state index contributed by atoms with van der Waals surface area (Å²) >= 11 is 1.38. The van der Waals surface area contributed by atoms with E-state index in [0.717, 1.165) is 16.1 Å². The van der Waals surface area contributed by atoms with Crippen LogP contribution >= 0.6 is 11.3 Å². The number of pyridine rings is 1. The lowest BCUT2D eigenvalue weighted by Crippen LogP contribution is -2.24. The van der Waals surface area contributed by atoms with Gasteiger partial charge in [0.25, 0.3) is 5.91 Å². The minimum atomic E-state index is -0.304. The van der Waals surface area contributed by atoms with E-state index in [-0.39, 0.29) is 17.5 Å². The molecule has 0 aliphatic rings. The van der Waals surface area contributed by atoms with Crippen LogP contribution in [0, 0.1) is 11.6 Å². The van der Waals surface area contributed by atoms with E-state index in [2.05, 4.69) is 15.3 Å². The first-order chi connectivity index (χ1) is 16.1. The Kier molecular flexibility index (Phi) is 7.49. The SMILES string of the molecule is O=C(NCc1ccncc1)c1csc(CN(Cc2ccc(F)cc2)Cc2ccccc2F)n1. The molecule has 0 aliphatic heterocycles. The summed E-state index contributed by atoms with van der Waals surface area (Å²) < 4.78 is 27.6. The smallest absolute Gasteiger partial charge is 0.271 e. The molecule has 0 radical (unpaired) electrons. The maximum absolute atomic E-state index is 14.3. The van der Waals surface area contributed by atoms with Crippen molar-refractivity contribution in [3.05, 3.63) is 117 Å². The average Bonchev–Trinajstić information content (AvgIpc) is 3.30. The van der Waals surface area contributed by atoms with Crippen LogP contribution in [0.25, 0.3) is 0 Å². The Morgan fingerprint density at radius 3 is 2.42 bits per heavy atom. The second kappa shape index (κ2) is 10.9. The maximum Gasteiger partial charge on any atom is 0.271 e. The standard InChI is InChI=1S/C25H22F2N4OS/c26-21-7-5-19(6-8-21)14-31(15-20-3-1-2-4-22(20)27)16-24-30-23(17-33-24)25(32)29-13-18-9-11-28-12-10-18/h1-12,17H,13-16H2,(H,29,32). The molecule has 0 fully saturated rings. The van der Waals surface area contributed by atoms with Gasteiger partial charge >= 0.3 is 0 Å². The molecular weight excluding hydrogens is 442 g/mol. The van der Waals surface area contributed by atoms with Gasteiger partial charge < -0.3 is 5.32 Å². The van der Waals surface area contributed by atoms with Crippen molar-refractivity contribution in [3.8, 4) is 0 Å². The summed E-state index contributed by atoms with van der Waals surface area (Å²) in [4.78, 5) is 23.0. The third kappa shape index (κ3) is 6.50. The molecule has 0 spiro atoms. The first-order valence-electron chi connectivity index (χ1n) is 10.4. The highest BCUT2D eigenvalue weighted by Crippen LogP contribution is 2.19. The van der Waals surface area contributed by atoms with Crippen LogP contribution < -0.4 is 5.32 Å². The van der Waals surface area contributed by atoms with Crippen molar-refractivity contribution in [2.24, 2.45) is 0 Å². The molecule has 33 heavy (non-hydrogen) atoms. The first kappa shape index (κ1) is 22.7. The number of carbonyl (C=O) groups excluding carboxylic acids is 1. The summed E-state index contributed by atoms with van der Waals surface area (Å²) in [5.74, 6) is -0.841. The molecule has 168 valence electrons. The molecule has 5 nitrogen and oxygen atoms in total. The van der Waals surface area contributed by atoms with Crippen molar-refractivity contribution < 1.29 is 13.6 Å². The molecule has 1 amide bonds. The summed E-state index contributed by atoms with van der Waals surface area (Å²) in [5.41, 5.74) is 2.76. The predicted molar refractivity (Wildman–Crippen MR) is 123 cm³/mol. The zero-order valence-electron chi connectivity index (χ0n) is 17.7. The minimum Gasteiger partial charge on any atom is -0.347 e. The van der Waals surface area contributed by atoms with Crippen LogP contribution in [0.15, 0.2) is 78.4 Å². The van der Waals surface area contributed by atoms with Gasteiger partial charge in [0.1, 0.15) is 22.3 Å². The summed E-state index contributed by atoms with van der Waals surface area (Å²) in [6, 6.07) is 16.5. The number of benzene rings is 2. The Hall–Kier alpha value is -3.49. The molecule has 4 rings (SSSR count). The lowest BCUT2D eigenvalue weighted by atomic mass is 10.1. The highest BCUT2D eigenvalue weighted by molar-refractivity contribution is 7.09. The number of aromatic nitrogens is 2. The Labute approximate surface area is 194 Å². The third-order valence-corrected chi connectivity index (χ3v) is 5.85. The zero-order valence-corrected chi connectivity index (χ0v) is 18.6. The summed E-state index contributed by atoms with van der Waals surface area (Å²) in [5, 5.41) is 5.31. The van der Waals surface area contributed by atoms with E-state index in [1.807, 2.05) is 17.0 Å². The maximum atomic E-state index is 14.3. The number of hydrogen-bond acceptors (Lipinski definition) is 5. The van der Waals surface area contributed by atoms with Crippen molar-refractivity contribution >= 4 is 17.2 Å². The van der Waals surface area contributed by atoms with Crippen LogP contribution in [-0.4, -0.2) is 20.8 Å². The highest BCUT2D eigenvalue weighted by atomic mass is 32.1. The molecule has 0 atom stereocenters. The monoisotopic (exact) mass is 464 g/mol. The molecule has 4 aromatic rings. The van der Waals surface area contributed by atoms with Gasteiger partial charge in [0.05, 0.1) is 6.54 Å². The molecule has 2 heterocycles. The molecule has 0 aliphatic carbocycles. The van der Waals surface area contributed by atoms with E-state index in [9.17, 15) is 13.6 Å². The third-order valence-electron chi connectivity index (χ3n) is 5.02. The van der Waals surface area contributed by atoms with Gasteiger partial charge in [-0.1, -0.05) is 30.3 Å².